The molecule has 0 aliphatic rings. The third kappa shape index (κ3) is 6.81. The lowest BCUT2D eigenvalue weighted by atomic mass is 10.2. The van der Waals surface area contributed by atoms with E-state index >= 15 is 0 Å². The summed E-state index contributed by atoms with van der Waals surface area (Å²) in [6.07, 6.45) is 0. The molecule has 0 bridgehead atoms. The minimum atomic E-state index is -3.81. The van der Waals surface area contributed by atoms with E-state index in [1.54, 1.807) is 43.5 Å². The lowest BCUT2D eigenvalue weighted by molar-refractivity contribution is -0.124. The van der Waals surface area contributed by atoms with Crippen molar-refractivity contribution < 1.29 is 27.5 Å². The lowest BCUT2D eigenvalue weighted by Gasteiger charge is -2.10. The second-order valence-corrected chi connectivity index (χ2v) is 8.88. The number of sulfonamides is 1. The molecule has 3 aromatic carbocycles. The summed E-state index contributed by atoms with van der Waals surface area (Å²) >= 11 is 0. The van der Waals surface area contributed by atoms with Crippen molar-refractivity contribution in [1.82, 2.24) is 5.32 Å². The van der Waals surface area contributed by atoms with Gasteiger partial charge in [0.25, 0.3) is 15.9 Å². The Kier molecular flexibility index (Phi) is 7.68. The number of nitrogens with one attached hydrogen (secondary N) is 2. The van der Waals surface area contributed by atoms with Crippen molar-refractivity contribution in [2.75, 3.05) is 18.4 Å². The average Bonchev–Trinajstić information content (AvgIpc) is 2.83. The molecule has 2 N–H and O–H groups in total. The highest BCUT2D eigenvalue weighted by molar-refractivity contribution is 7.92. The lowest BCUT2D eigenvalue weighted by Crippen LogP contribution is -2.28. The normalized spacial score (nSPS) is 10.8. The predicted molar refractivity (Wildman–Crippen MR) is 124 cm³/mol. The maximum atomic E-state index is 12.5. The van der Waals surface area contributed by atoms with Gasteiger partial charge < -0.3 is 14.8 Å². The Morgan fingerprint density at radius 2 is 1.52 bits per heavy atom. The van der Waals surface area contributed by atoms with Gasteiger partial charge in [0.1, 0.15) is 5.75 Å². The first-order valence-electron chi connectivity index (χ1n) is 10.0. The molecule has 0 fully saturated rings. The van der Waals surface area contributed by atoms with Crippen molar-refractivity contribution in [1.29, 1.82) is 0 Å². The van der Waals surface area contributed by atoms with Crippen LogP contribution in [0, 0.1) is 6.92 Å². The number of hydrogen-bond donors (Lipinski definition) is 2. The zero-order valence-electron chi connectivity index (χ0n) is 18.2. The van der Waals surface area contributed by atoms with Gasteiger partial charge in [-0.25, -0.2) is 13.2 Å². The third-order valence-corrected chi connectivity index (χ3v) is 6.08. The van der Waals surface area contributed by atoms with Gasteiger partial charge in [0.15, 0.2) is 6.61 Å². The summed E-state index contributed by atoms with van der Waals surface area (Å²) in [5.41, 5.74) is 2.44. The maximum absolute atomic E-state index is 12.5. The number of rotatable bonds is 9. The summed E-state index contributed by atoms with van der Waals surface area (Å²) in [6, 6.07) is 19.4. The molecule has 9 heteroatoms. The van der Waals surface area contributed by atoms with Crippen molar-refractivity contribution in [2.45, 2.75) is 18.4 Å². The first-order chi connectivity index (χ1) is 15.8. The van der Waals surface area contributed by atoms with Gasteiger partial charge in [0, 0.05) is 12.2 Å². The Morgan fingerprint density at radius 3 is 2.12 bits per heavy atom. The second kappa shape index (κ2) is 10.6. The number of hydrogen-bond acceptors (Lipinski definition) is 6. The predicted octanol–water partition coefficient (Wildman–Crippen LogP) is 3.28. The Labute approximate surface area is 192 Å². The van der Waals surface area contributed by atoms with E-state index in [2.05, 4.69) is 10.0 Å². The minimum Gasteiger partial charge on any atom is -0.497 e. The molecule has 172 valence electrons. The van der Waals surface area contributed by atoms with Crippen LogP contribution in [-0.2, 0) is 26.1 Å². The number of carbonyl (C=O) groups is 2. The summed E-state index contributed by atoms with van der Waals surface area (Å²) in [5, 5.41) is 2.65. The highest BCUT2D eigenvalue weighted by atomic mass is 32.2. The molecule has 0 heterocycles. The first-order valence-corrected chi connectivity index (χ1v) is 11.5. The molecule has 33 heavy (non-hydrogen) atoms. The number of carbonyl (C=O) groups excluding carboxylic acids is 2. The van der Waals surface area contributed by atoms with E-state index in [1.807, 2.05) is 19.1 Å². The number of benzene rings is 3. The molecule has 0 unspecified atom stereocenters. The van der Waals surface area contributed by atoms with E-state index < -0.39 is 28.5 Å². The summed E-state index contributed by atoms with van der Waals surface area (Å²) in [7, 11) is -2.24. The van der Waals surface area contributed by atoms with Crippen LogP contribution in [0.4, 0.5) is 5.69 Å². The first kappa shape index (κ1) is 23.8. The van der Waals surface area contributed by atoms with Crippen molar-refractivity contribution in [3.05, 3.63) is 89.5 Å². The highest BCUT2D eigenvalue weighted by Gasteiger charge is 2.16. The fraction of sp³-hybridized carbons (Fsp3) is 0.167. The molecule has 0 spiro atoms. The largest absolute Gasteiger partial charge is 0.497 e. The van der Waals surface area contributed by atoms with Crippen molar-refractivity contribution in [2.24, 2.45) is 0 Å². The molecule has 0 aliphatic carbocycles. The van der Waals surface area contributed by atoms with E-state index in [9.17, 15) is 18.0 Å². The smallest absolute Gasteiger partial charge is 0.338 e. The average molecular weight is 469 g/mol. The standard InChI is InChI=1S/C24H24N2O6S/c1-17-3-9-20(10-4-17)26-33(29,30)22-13-7-19(8-14-22)24(28)32-16-23(27)25-15-18-5-11-21(31-2)12-6-18/h3-14,26H,15-16H2,1-2H3,(H,25,27). The van der Waals surface area contributed by atoms with E-state index in [0.717, 1.165) is 11.1 Å². The van der Waals surface area contributed by atoms with Crippen LogP contribution in [0.25, 0.3) is 0 Å². The van der Waals surface area contributed by atoms with Gasteiger partial charge >= 0.3 is 5.97 Å². The van der Waals surface area contributed by atoms with Crippen molar-refractivity contribution in [3.63, 3.8) is 0 Å². The topological polar surface area (TPSA) is 111 Å². The van der Waals surface area contributed by atoms with Gasteiger partial charge in [-0.2, -0.15) is 0 Å². The van der Waals surface area contributed by atoms with Crippen LogP contribution < -0.4 is 14.8 Å². The molecular weight excluding hydrogens is 444 g/mol. The number of esters is 1. The van der Waals surface area contributed by atoms with E-state index in [0.29, 0.717) is 11.4 Å². The number of aryl methyl sites for hydroxylation is 1. The maximum Gasteiger partial charge on any atom is 0.338 e. The fourth-order valence-corrected chi connectivity index (χ4v) is 3.87. The molecule has 3 rings (SSSR count). The molecule has 0 saturated carbocycles. The van der Waals surface area contributed by atoms with Crippen LogP contribution >= 0.6 is 0 Å². The van der Waals surface area contributed by atoms with E-state index in [1.165, 1.54) is 24.3 Å². The Hall–Kier alpha value is -3.85. The SMILES string of the molecule is COc1ccc(CNC(=O)COC(=O)c2ccc(S(=O)(=O)Nc3ccc(C)cc3)cc2)cc1. The number of methoxy groups -OCH3 is 1. The summed E-state index contributed by atoms with van der Waals surface area (Å²) < 4.78 is 37.6. The minimum absolute atomic E-state index is 0.00291. The Balaban J connectivity index is 1.50. The van der Waals surface area contributed by atoms with Crippen LogP contribution in [-0.4, -0.2) is 34.0 Å². The fourth-order valence-electron chi connectivity index (χ4n) is 2.82. The molecule has 0 aliphatic heterocycles. The third-order valence-electron chi connectivity index (χ3n) is 4.69. The highest BCUT2D eigenvalue weighted by Crippen LogP contribution is 2.17. The van der Waals surface area contributed by atoms with Gasteiger partial charge in [-0.15, -0.1) is 0 Å². The van der Waals surface area contributed by atoms with Crippen LogP contribution in [0.1, 0.15) is 21.5 Å². The number of anilines is 1. The van der Waals surface area contributed by atoms with Crippen LogP contribution in [0.15, 0.2) is 77.7 Å². The van der Waals surface area contributed by atoms with E-state index in [4.69, 9.17) is 9.47 Å². The molecule has 3 aromatic rings. The Morgan fingerprint density at radius 1 is 0.879 bits per heavy atom. The summed E-state index contributed by atoms with van der Waals surface area (Å²) in [5.74, 6) is -0.477. The molecule has 0 aromatic heterocycles. The molecule has 0 atom stereocenters. The second-order valence-electron chi connectivity index (χ2n) is 7.20. The quantitative estimate of drug-likeness (QED) is 0.467. The zero-order chi connectivity index (χ0) is 23.8. The zero-order valence-corrected chi connectivity index (χ0v) is 19.0. The van der Waals surface area contributed by atoms with Gasteiger partial charge in [0.05, 0.1) is 17.6 Å². The number of amides is 1. The number of ether oxygens (including phenoxy) is 2. The van der Waals surface area contributed by atoms with Crippen LogP contribution in [0.5, 0.6) is 5.75 Å². The Bertz CT molecular complexity index is 1210. The molecule has 0 saturated heterocycles. The van der Waals surface area contributed by atoms with Crippen LogP contribution in [0.2, 0.25) is 0 Å². The van der Waals surface area contributed by atoms with Crippen LogP contribution in [0.3, 0.4) is 0 Å². The summed E-state index contributed by atoms with van der Waals surface area (Å²) in [6.45, 7) is 1.73. The van der Waals surface area contributed by atoms with Crippen molar-refractivity contribution in [3.8, 4) is 5.75 Å². The monoisotopic (exact) mass is 468 g/mol. The molecule has 0 radical (unpaired) electrons. The molecule has 8 nitrogen and oxygen atoms in total. The summed E-state index contributed by atoms with van der Waals surface area (Å²) in [4.78, 5) is 24.1. The van der Waals surface area contributed by atoms with Gasteiger partial charge in [-0.3, -0.25) is 9.52 Å². The molecule has 1 amide bonds. The van der Waals surface area contributed by atoms with Gasteiger partial charge in [-0.05, 0) is 61.0 Å². The van der Waals surface area contributed by atoms with Crippen molar-refractivity contribution >= 4 is 27.6 Å². The molecular formula is C24H24N2O6S. The van der Waals surface area contributed by atoms with Gasteiger partial charge in [-0.1, -0.05) is 29.8 Å². The van der Waals surface area contributed by atoms with Gasteiger partial charge in [0.2, 0.25) is 0 Å². The van der Waals surface area contributed by atoms with E-state index in [-0.39, 0.29) is 17.0 Å².